The van der Waals surface area contributed by atoms with Crippen molar-refractivity contribution in [2.24, 2.45) is 0 Å². The SMILES string of the molecule is CCOC1CC(Nc2cc(Cl)ccc2C#N)C1. The van der Waals surface area contributed by atoms with Crippen LogP contribution in [0.5, 0.6) is 0 Å². The van der Waals surface area contributed by atoms with Crippen LogP contribution in [0.4, 0.5) is 5.69 Å². The Balaban J connectivity index is 1.96. The van der Waals surface area contributed by atoms with Gasteiger partial charge in [0.25, 0.3) is 0 Å². The van der Waals surface area contributed by atoms with Gasteiger partial charge >= 0.3 is 0 Å². The lowest BCUT2D eigenvalue weighted by Gasteiger charge is -2.36. The first-order valence-electron chi connectivity index (χ1n) is 5.80. The number of nitrogens with one attached hydrogen (secondary N) is 1. The fraction of sp³-hybridized carbons (Fsp3) is 0.462. The van der Waals surface area contributed by atoms with E-state index < -0.39 is 0 Å². The van der Waals surface area contributed by atoms with Gasteiger partial charge in [-0.1, -0.05) is 11.6 Å². The topological polar surface area (TPSA) is 45.0 Å². The monoisotopic (exact) mass is 250 g/mol. The van der Waals surface area contributed by atoms with E-state index in [1.54, 1.807) is 18.2 Å². The van der Waals surface area contributed by atoms with E-state index in [1.807, 2.05) is 6.92 Å². The number of nitriles is 1. The highest BCUT2D eigenvalue weighted by molar-refractivity contribution is 6.30. The second-order valence-corrected chi connectivity index (χ2v) is 4.63. The zero-order chi connectivity index (χ0) is 12.3. The van der Waals surface area contributed by atoms with Crippen molar-refractivity contribution in [3.8, 4) is 6.07 Å². The molecule has 0 radical (unpaired) electrons. The van der Waals surface area contributed by atoms with E-state index in [0.717, 1.165) is 25.1 Å². The maximum atomic E-state index is 8.99. The van der Waals surface area contributed by atoms with E-state index in [2.05, 4.69) is 11.4 Å². The molecule has 1 aromatic rings. The maximum absolute atomic E-state index is 8.99. The van der Waals surface area contributed by atoms with Crippen LogP contribution < -0.4 is 5.32 Å². The van der Waals surface area contributed by atoms with Gasteiger partial charge in [0.2, 0.25) is 0 Å². The molecule has 0 heterocycles. The molecule has 3 nitrogen and oxygen atoms in total. The van der Waals surface area contributed by atoms with Crippen LogP contribution in [0.3, 0.4) is 0 Å². The smallest absolute Gasteiger partial charge is 0.101 e. The van der Waals surface area contributed by atoms with Gasteiger partial charge in [0.1, 0.15) is 6.07 Å². The van der Waals surface area contributed by atoms with Gasteiger partial charge < -0.3 is 10.1 Å². The molecule has 1 fully saturated rings. The predicted molar refractivity (Wildman–Crippen MR) is 68.2 cm³/mol. The highest BCUT2D eigenvalue weighted by atomic mass is 35.5. The number of nitrogens with zero attached hydrogens (tertiary/aromatic N) is 1. The average molecular weight is 251 g/mol. The first-order valence-corrected chi connectivity index (χ1v) is 6.18. The van der Waals surface area contributed by atoms with Crippen molar-refractivity contribution in [2.45, 2.75) is 31.9 Å². The van der Waals surface area contributed by atoms with Crippen LogP contribution in [0.2, 0.25) is 5.02 Å². The molecular formula is C13H15ClN2O. The van der Waals surface area contributed by atoms with Crippen LogP contribution >= 0.6 is 11.6 Å². The summed E-state index contributed by atoms with van der Waals surface area (Å²) in [5, 5.41) is 13.0. The third-order valence-electron chi connectivity index (χ3n) is 2.96. The third-order valence-corrected chi connectivity index (χ3v) is 3.19. The molecule has 0 bridgehead atoms. The van der Waals surface area contributed by atoms with Crippen LogP contribution in [0.1, 0.15) is 25.3 Å². The van der Waals surface area contributed by atoms with Crippen molar-refractivity contribution in [3.63, 3.8) is 0 Å². The molecule has 17 heavy (non-hydrogen) atoms. The summed E-state index contributed by atoms with van der Waals surface area (Å²) in [6.07, 6.45) is 2.35. The van der Waals surface area contributed by atoms with Gasteiger partial charge in [-0.05, 0) is 38.0 Å². The van der Waals surface area contributed by atoms with Gasteiger partial charge in [0, 0.05) is 17.7 Å². The average Bonchev–Trinajstić information content (AvgIpc) is 2.26. The van der Waals surface area contributed by atoms with Crippen molar-refractivity contribution in [1.82, 2.24) is 0 Å². The summed E-state index contributed by atoms with van der Waals surface area (Å²) in [4.78, 5) is 0. The van der Waals surface area contributed by atoms with E-state index in [1.165, 1.54) is 0 Å². The number of ether oxygens (including phenoxy) is 1. The van der Waals surface area contributed by atoms with Crippen molar-refractivity contribution in [1.29, 1.82) is 5.26 Å². The van der Waals surface area contributed by atoms with E-state index >= 15 is 0 Å². The summed E-state index contributed by atoms with van der Waals surface area (Å²) in [7, 11) is 0. The Morgan fingerprint density at radius 1 is 1.53 bits per heavy atom. The zero-order valence-corrected chi connectivity index (χ0v) is 10.5. The molecule has 0 atom stereocenters. The van der Waals surface area contributed by atoms with Crippen LogP contribution in [0, 0.1) is 11.3 Å². The molecule has 0 saturated heterocycles. The summed E-state index contributed by atoms with van der Waals surface area (Å²) in [6, 6.07) is 7.82. The first-order chi connectivity index (χ1) is 8.22. The summed E-state index contributed by atoms with van der Waals surface area (Å²) in [6.45, 7) is 2.77. The summed E-state index contributed by atoms with van der Waals surface area (Å²) < 4.78 is 5.49. The normalized spacial score (nSPS) is 22.6. The molecule has 0 amide bonds. The van der Waals surface area contributed by atoms with Gasteiger partial charge in [-0.3, -0.25) is 0 Å². The number of anilines is 1. The number of hydrogen-bond donors (Lipinski definition) is 1. The van der Waals surface area contributed by atoms with Gasteiger partial charge in [0.15, 0.2) is 0 Å². The summed E-state index contributed by atoms with van der Waals surface area (Å²) in [5.41, 5.74) is 1.45. The maximum Gasteiger partial charge on any atom is 0.101 e. The van der Waals surface area contributed by atoms with Crippen LogP contribution in [-0.2, 0) is 4.74 Å². The Bertz CT molecular complexity index is 436. The highest BCUT2D eigenvalue weighted by Gasteiger charge is 2.29. The molecule has 0 aliphatic heterocycles. The van der Waals surface area contributed by atoms with Gasteiger partial charge in [-0.15, -0.1) is 0 Å². The van der Waals surface area contributed by atoms with Gasteiger partial charge in [-0.25, -0.2) is 0 Å². The van der Waals surface area contributed by atoms with Crippen molar-refractivity contribution in [3.05, 3.63) is 28.8 Å². The molecule has 1 aliphatic carbocycles. The number of benzene rings is 1. The largest absolute Gasteiger partial charge is 0.381 e. The molecule has 1 aromatic carbocycles. The van der Waals surface area contributed by atoms with Crippen LogP contribution in [0.25, 0.3) is 0 Å². The molecule has 4 heteroatoms. The lowest BCUT2D eigenvalue weighted by Crippen LogP contribution is -2.40. The van der Waals surface area contributed by atoms with E-state index in [-0.39, 0.29) is 0 Å². The van der Waals surface area contributed by atoms with E-state index in [9.17, 15) is 0 Å². The van der Waals surface area contributed by atoms with Crippen molar-refractivity contribution >= 4 is 17.3 Å². The van der Waals surface area contributed by atoms with Crippen molar-refractivity contribution < 1.29 is 4.74 Å². The Kier molecular flexibility index (Phi) is 3.88. The lowest BCUT2D eigenvalue weighted by atomic mass is 9.89. The van der Waals surface area contributed by atoms with Gasteiger partial charge in [-0.2, -0.15) is 5.26 Å². The van der Waals surface area contributed by atoms with Crippen LogP contribution in [0.15, 0.2) is 18.2 Å². The van der Waals surface area contributed by atoms with Gasteiger partial charge in [0.05, 0.1) is 17.4 Å². The highest BCUT2D eigenvalue weighted by Crippen LogP contribution is 2.29. The number of halogens is 1. The van der Waals surface area contributed by atoms with E-state index in [0.29, 0.717) is 22.7 Å². The molecule has 0 spiro atoms. The summed E-state index contributed by atoms with van der Waals surface area (Å²) >= 11 is 5.92. The number of rotatable bonds is 4. The molecule has 1 aliphatic rings. The van der Waals surface area contributed by atoms with E-state index in [4.69, 9.17) is 21.6 Å². The predicted octanol–water partition coefficient (Wildman–Crippen LogP) is 3.19. The third kappa shape index (κ3) is 2.91. The quantitative estimate of drug-likeness (QED) is 0.893. The zero-order valence-electron chi connectivity index (χ0n) is 9.74. The fourth-order valence-corrected chi connectivity index (χ4v) is 2.18. The Hall–Kier alpha value is -1.24. The Morgan fingerprint density at radius 2 is 2.29 bits per heavy atom. The van der Waals surface area contributed by atoms with Crippen LogP contribution in [-0.4, -0.2) is 18.8 Å². The second kappa shape index (κ2) is 5.39. The fourth-order valence-electron chi connectivity index (χ4n) is 2.01. The molecule has 0 unspecified atom stereocenters. The first kappa shape index (κ1) is 12.2. The standard InChI is InChI=1S/C13H15ClN2O/c1-2-17-12-6-11(7-12)16-13-5-10(14)4-3-9(13)8-15/h3-5,11-12,16H,2,6-7H2,1H3. The Morgan fingerprint density at radius 3 is 2.94 bits per heavy atom. The minimum absolute atomic E-state index is 0.363. The summed E-state index contributed by atoms with van der Waals surface area (Å²) in [5.74, 6) is 0. The molecule has 1 saturated carbocycles. The minimum atomic E-state index is 0.363. The second-order valence-electron chi connectivity index (χ2n) is 4.19. The Labute approximate surface area is 106 Å². The number of hydrogen-bond acceptors (Lipinski definition) is 3. The molecular weight excluding hydrogens is 236 g/mol. The molecule has 2 rings (SSSR count). The minimum Gasteiger partial charge on any atom is -0.381 e. The molecule has 0 aromatic heterocycles. The molecule has 1 N–H and O–H groups in total. The van der Waals surface area contributed by atoms with Crippen molar-refractivity contribution in [2.75, 3.05) is 11.9 Å². The molecule has 90 valence electrons. The lowest BCUT2D eigenvalue weighted by molar-refractivity contribution is 0.00299.